The normalized spacial score (nSPS) is 18.9. The van der Waals surface area contributed by atoms with E-state index in [-0.39, 0.29) is 0 Å². The van der Waals surface area contributed by atoms with Crippen molar-refractivity contribution in [2.24, 2.45) is 5.73 Å². The van der Waals surface area contributed by atoms with Gasteiger partial charge in [-0.25, -0.2) is 0 Å². The van der Waals surface area contributed by atoms with Crippen molar-refractivity contribution in [3.63, 3.8) is 0 Å². The Kier molecular flexibility index (Phi) is 5.07. The van der Waals surface area contributed by atoms with Crippen LogP contribution in [0.2, 0.25) is 0 Å². The zero-order valence-corrected chi connectivity index (χ0v) is 14.3. The summed E-state index contributed by atoms with van der Waals surface area (Å²) in [5, 5.41) is 0. The Labute approximate surface area is 130 Å². The van der Waals surface area contributed by atoms with Gasteiger partial charge in [0.1, 0.15) is 0 Å². The van der Waals surface area contributed by atoms with E-state index in [0.717, 1.165) is 6.54 Å². The Morgan fingerprint density at radius 3 is 2.10 bits per heavy atom. The van der Waals surface area contributed by atoms with Gasteiger partial charge in [0, 0.05) is 24.7 Å². The van der Waals surface area contributed by atoms with Gasteiger partial charge < -0.3 is 10.6 Å². The van der Waals surface area contributed by atoms with Crippen LogP contribution in [0, 0.1) is 13.8 Å². The van der Waals surface area contributed by atoms with Crippen molar-refractivity contribution < 1.29 is 0 Å². The molecule has 0 radical (unpaired) electrons. The van der Waals surface area contributed by atoms with Gasteiger partial charge in [-0.05, 0) is 70.9 Å². The van der Waals surface area contributed by atoms with Crippen molar-refractivity contribution in [1.29, 1.82) is 0 Å². The van der Waals surface area contributed by atoms with Gasteiger partial charge in [0.05, 0.1) is 0 Å². The maximum atomic E-state index is 6.14. The van der Waals surface area contributed by atoms with Crippen molar-refractivity contribution in [3.05, 3.63) is 34.9 Å². The second-order valence-electron chi connectivity index (χ2n) is 6.94. The fraction of sp³-hybridized carbons (Fsp3) is 0.667. The third kappa shape index (κ3) is 3.15. The van der Waals surface area contributed by atoms with Crippen molar-refractivity contribution in [3.8, 4) is 0 Å². The van der Waals surface area contributed by atoms with Crippen LogP contribution in [0.5, 0.6) is 0 Å². The van der Waals surface area contributed by atoms with Gasteiger partial charge in [-0.2, -0.15) is 0 Å². The van der Waals surface area contributed by atoms with Gasteiger partial charge >= 0.3 is 0 Å². The maximum Gasteiger partial charge on any atom is 0.0473 e. The van der Waals surface area contributed by atoms with E-state index in [9.17, 15) is 0 Å². The molecule has 0 amide bonds. The van der Waals surface area contributed by atoms with Gasteiger partial charge in [-0.15, -0.1) is 0 Å². The summed E-state index contributed by atoms with van der Waals surface area (Å²) in [6.45, 7) is 6.16. The first kappa shape index (κ1) is 16.5. The maximum absolute atomic E-state index is 6.14. The van der Waals surface area contributed by atoms with Gasteiger partial charge in [0.25, 0.3) is 0 Å². The smallest absolute Gasteiger partial charge is 0.0473 e. The van der Waals surface area contributed by atoms with E-state index in [2.05, 4.69) is 63.0 Å². The molecule has 1 unspecified atom stereocenters. The Morgan fingerprint density at radius 1 is 1.14 bits per heavy atom. The van der Waals surface area contributed by atoms with Gasteiger partial charge in [-0.1, -0.05) is 18.2 Å². The van der Waals surface area contributed by atoms with Crippen LogP contribution in [0.3, 0.4) is 0 Å². The average Bonchev–Trinajstić information content (AvgIpc) is 2.37. The molecule has 1 aliphatic rings. The fourth-order valence-electron chi connectivity index (χ4n) is 3.78. The standard InChI is InChI=1S/C18H31N3/c1-14-8-6-9-15(2)17(14)16(12-19)21(5)13-18(20(3)4)10-7-11-18/h6,8-9,16H,7,10-13,19H2,1-5H3. The van der Waals surface area contributed by atoms with Crippen LogP contribution in [0.1, 0.15) is 42.0 Å². The number of benzene rings is 1. The van der Waals surface area contributed by atoms with E-state index < -0.39 is 0 Å². The van der Waals surface area contributed by atoms with E-state index in [1.165, 1.54) is 36.0 Å². The van der Waals surface area contributed by atoms with Crippen molar-refractivity contribution >= 4 is 0 Å². The first-order valence-electron chi connectivity index (χ1n) is 8.05. The minimum absolute atomic E-state index is 0.309. The van der Waals surface area contributed by atoms with Crippen LogP contribution >= 0.6 is 0 Å². The molecule has 0 saturated heterocycles. The van der Waals surface area contributed by atoms with E-state index >= 15 is 0 Å². The number of rotatable bonds is 6. The quantitative estimate of drug-likeness (QED) is 0.874. The molecule has 118 valence electrons. The lowest BCUT2D eigenvalue weighted by atomic mass is 9.75. The average molecular weight is 289 g/mol. The molecule has 2 rings (SSSR count). The Hall–Kier alpha value is -0.900. The minimum atomic E-state index is 0.309. The molecule has 1 aromatic carbocycles. The molecule has 0 aliphatic heterocycles. The summed E-state index contributed by atoms with van der Waals surface area (Å²) in [5.41, 5.74) is 10.6. The second kappa shape index (κ2) is 6.47. The molecule has 0 spiro atoms. The van der Waals surface area contributed by atoms with E-state index in [1.54, 1.807) is 0 Å². The predicted molar refractivity (Wildman–Crippen MR) is 90.6 cm³/mol. The first-order chi connectivity index (χ1) is 9.91. The summed E-state index contributed by atoms with van der Waals surface area (Å²) >= 11 is 0. The summed E-state index contributed by atoms with van der Waals surface area (Å²) in [6.07, 6.45) is 3.95. The van der Waals surface area contributed by atoms with E-state index in [1.807, 2.05) is 0 Å². The molecule has 1 saturated carbocycles. The largest absolute Gasteiger partial charge is 0.329 e. The van der Waals surface area contributed by atoms with Crippen molar-refractivity contribution in [1.82, 2.24) is 9.80 Å². The summed E-state index contributed by atoms with van der Waals surface area (Å²) in [6, 6.07) is 6.84. The second-order valence-corrected chi connectivity index (χ2v) is 6.94. The highest BCUT2D eigenvalue weighted by molar-refractivity contribution is 5.36. The highest BCUT2D eigenvalue weighted by atomic mass is 15.2. The van der Waals surface area contributed by atoms with Gasteiger partial charge in [-0.3, -0.25) is 4.90 Å². The third-order valence-corrected chi connectivity index (χ3v) is 5.41. The molecule has 3 heteroatoms. The first-order valence-corrected chi connectivity index (χ1v) is 8.05. The number of hydrogen-bond donors (Lipinski definition) is 1. The van der Waals surface area contributed by atoms with Gasteiger partial charge in [0.15, 0.2) is 0 Å². The predicted octanol–water partition coefficient (Wildman–Crippen LogP) is 2.72. The lowest BCUT2D eigenvalue weighted by Crippen LogP contribution is -2.57. The zero-order valence-electron chi connectivity index (χ0n) is 14.3. The molecule has 0 aromatic heterocycles. The fourth-order valence-corrected chi connectivity index (χ4v) is 3.78. The van der Waals surface area contributed by atoms with Gasteiger partial charge in [0.2, 0.25) is 0 Å². The molecule has 1 atom stereocenters. The molecule has 0 bridgehead atoms. The summed E-state index contributed by atoms with van der Waals surface area (Å²) in [4.78, 5) is 4.87. The molecule has 1 fully saturated rings. The number of nitrogens with zero attached hydrogens (tertiary/aromatic N) is 2. The topological polar surface area (TPSA) is 32.5 Å². The highest BCUT2D eigenvalue weighted by Gasteiger charge is 2.40. The molecule has 1 aliphatic carbocycles. The highest BCUT2D eigenvalue weighted by Crippen LogP contribution is 2.38. The Morgan fingerprint density at radius 2 is 1.71 bits per heavy atom. The number of aryl methyl sites for hydroxylation is 2. The molecule has 21 heavy (non-hydrogen) atoms. The molecule has 2 N–H and O–H groups in total. The van der Waals surface area contributed by atoms with Crippen molar-refractivity contribution in [2.45, 2.75) is 44.7 Å². The SMILES string of the molecule is Cc1cccc(C)c1C(CN)N(C)CC1(N(C)C)CCC1. The van der Waals surface area contributed by atoms with E-state index in [0.29, 0.717) is 18.1 Å². The van der Waals surface area contributed by atoms with Crippen LogP contribution < -0.4 is 5.73 Å². The summed E-state index contributed by atoms with van der Waals surface area (Å²) in [7, 11) is 6.65. The Balaban J connectivity index is 2.21. The summed E-state index contributed by atoms with van der Waals surface area (Å²) in [5.74, 6) is 0. The minimum Gasteiger partial charge on any atom is -0.329 e. The molecular formula is C18H31N3. The third-order valence-electron chi connectivity index (χ3n) is 5.41. The van der Waals surface area contributed by atoms with Crippen LogP contribution in [0.15, 0.2) is 18.2 Å². The number of nitrogens with two attached hydrogens (primary N) is 1. The van der Waals surface area contributed by atoms with Crippen LogP contribution in [-0.4, -0.2) is 49.6 Å². The zero-order chi connectivity index (χ0) is 15.6. The van der Waals surface area contributed by atoms with E-state index in [4.69, 9.17) is 5.73 Å². The lowest BCUT2D eigenvalue weighted by molar-refractivity contribution is 0.0166. The molecule has 3 nitrogen and oxygen atoms in total. The van der Waals surface area contributed by atoms with Crippen LogP contribution in [0.4, 0.5) is 0 Å². The monoisotopic (exact) mass is 289 g/mol. The molecular weight excluding hydrogens is 258 g/mol. The lowest BCUT2D eigenvalue weighted by Gasteiger charge is -2.50. The number of hydrogen-bond acceptors (Lipinski definition) is 3. The number of likely N-dealkylation sites (N-methyl/N-ethyl adjacent to an activating group) is 2. The summed E-state index contributed by atoms with van der Waals surface area (Å²) < 4.78 is 0. The Bertz CT molecular complexity index is 457. The molecule has 0 heterocycles. The van der Waals surface area contributed by atoms with Crippen molar-refractivity contribution in [2.75, 3.05) is 34.2 Å². The van der Waals surface area contributed by atoms with Crippen LogP contribution in [0.25, 0.3) is 0 Å². The van der Waals surface area contributed by atoms with Crippen LogP contribution in [-0.2, 0) is 0 Å². The molecule has 1 aromatic rings.